The van der Waals surface area contributed by atoms with Crippen molar-refractivity contribution in [1.82, 2.24) is 5.32 Å². The van der Waals surface area contributed by atoms with Crippen LogP contribution >= 0.6 is 0 Å². The first kappa shape index (κ1) is 14.0. The maximum Gasteiger partial charge on any atom is 0.415 e. The summed E-state index contributed by atoms with van der Waals surface area (Å²) in [6.07, 6.45) is -6.87. The lowest BCUT2D eigenvalue weighted by molar-refractivity contribution is -0.201. The van der Waals surface area contributed by atoms with Crippen molar-refractivity contribution in [2.75, 3.05) is 6.54 Å². The van der Waals surface area contributed by atoms with Gasteiger partial charge in [0.1, 0.15) is 0 Å². The summed E-state index contributed by atoms with van der Waals surface area (Å²) in [7, 11) is 0. The fraction of sp³-hybridized carbons (Fsp3) is 0.500. The largest absolute Gasteiger partial charge is 0.415 e. The number of nitrogens with one attached hydrogen (secondary N) is 1. The van der Waals surface area contributed by atoms with Gasteiger partial charge in [0.2, 0.25) is 0 Å². The van der Waals surface area contributed by atoms with E-state index in [-0.39, 0.29) is 0 Å². The number of aliphatic hydroxyl groups excluding tert-OH is 1. The van der Waals surface area contributed by atoms with Crippen molar-refractivity contribution in [1.29, 1.82) is 0 Å². The number of hydrogen-bond acceptors (Lipinski definition) is 2. The zero-order valence-corrected chi connectivity index (χ0v) is 9.80. The van der Waals surface area contributed by atoms with Crippen LogP contribution in [0.2, 0.25) is 0 Å². The molecule has 0 saturated carbocycles. The van der Waals surface area contributed by atoms with E-state index in [9.17, 15) is 13.2 Å². The molecule has 1 unspecified atom stereocenters. The molecule has 1 rings (SSSR count). The van der Waals surface area contributed by atoms with Gasteiger partial charge in [0, 0.05) is 13.1 Å². The van der Waals surface area contributed by atoms with E-state index in [1.807, 2.05) is 32.0 Å². The lowest BCUT2D eigenvalue weighted by atomic mass is 10.0. The molecule has 0 aliphatic rings. The minimum Gasteiger partial charge on any atom is -0.382 e. The molecule has 2 N–H and O–H groups in total. The van der Waals surface area contributed by atoms with Gasteiger partial charge in [0.05, 0.1) is 0 Å². The average Bonchev–Trinajstić information content (AvgIpc) is 2.20. The summed E-state index contributed by atoms with van der Waals surface area (Å²) in [5.74, 6) is 0. The number of benzene rings is 1. The van der Waals surface area contributed by atoms with E-state index in [0.29, 0.717) is 6.54 Å². The summed E-state index contributed by atoms with van der Waals surface area (Å²) in [6.45, 7) is 3.65. The van der Waals surface area contributed by atoms with Gasteiger partial charge in [-0.25, -0.2) is 0 Å². The minimum absolute atomic E-state index is 0.325. The Morgan fingerprint density at radius 1 is 1.24 bits per heavy atom. The van der Waals surface area contributed by atoms with Crippen LogP contribution in [0.5, 0.6) is 0 Å². The van der Waals surface area contributed by atoms with Crippen LogP contribution in [0.3, 0.4) is 0 Å². The average molecular weight is 247 g/mol. The molecule has 0 heterocycles. The quantitative estimate of drug-likeness (QED) is 0.855. The lowest BCUT2D eigenvalue weighted by Crippen LogP contribution is -2.38. The molecule has 0 spiro atoms. The van der Waals surface area contributed by atoms with Crippen LogP contribution in [0.1, 0.15) is 16.7 Å². The molecule has 0 aromatic heterocycles. The molecule has 1 aromatic rings. The number of aryl methyl sites for hydroxylation is 2. The Bertz CT molecular complexity index is 356. The van der Waals surface area contributed by atoms with Crippen molar-refractivity contribution in [2.24, 2.45) is 0 Å². The summed E-state index contributed by atoms with van der Waals surface area (Å²) in [5, 5.41) is 11.4. The van der Waals surface area contributed by atoms with Crippen molar-refractivity contribution in [3.8, 4) is 0 Å². The number of halogens is 3. The molecular formula is C12H16F3NO. The SMILES string of the molecule is Cc1cccc(C)c1CNCC(O)C(F)(F)F. The fourth-order valence-corrected chi connectivity index (χ4v) is 1.58. The van der Waals surface area contributed by atoms with Gasteiger partial charge in [0.25, 0.3) is 0 Å². The first-order chi connectivity index (χ1) is 7.82. The Balaban J connectivity index is 2.52. The normalized spacial score (nSPS) is 13.8. The highest BCUT2D eigenvalue weighted by atomic mass is 19.4. The standard InChI is InChI=1S/C12H16F3NO/c1-8-4-3-5-9(2)10(8)6-16-7-11(17)12(13,14)15/h3-5,11,16-17H,6-7H2,1-2H3. The highest BCUT2D eigenvalue weighted by Crippen LogP contribution is 2.19. The third-order valence-electron chi connectivity index (χ3n) is 2.66. The molecule has 0 saturated heterocycles. The number of rotatable bonds is 4. The molecular weight excluding hydrogens is 231 g/mol. The Morgan fingerprint density at radius 3 is 2.24 bits per heavy atom. The van der Waals surface area contributed by atoms with Gasteiger partial charge < -0.3 is 10.4 Å². The highest BCUT2D eigenvalue weighted by Gasteiger charge is 2.37. The van der Waals surface area contributed by atoms with E-state index in [0.717, 1.165) is 16.7 Å². The van der Waals surface area contributed by atoms with Crippen molar-refractivity contribution < 1.29 is 18.3 Å². The van der Waals surface area contributed by atoms with E-state index >= 15 is 0 Å². The topological polar surface area (TPSA) is 32.3 Å². The van der Waals surface area contributed by atoms with E-state index < -0.39 is 18.8 Å². The molecule has 2 nitrogen and oxygen atoms in total. The van der Waals surface area contributed by atoms with Gasteiger partial charge in [0.15, 0.2) is 6.10 Å². The molecule has 96 valence electrons. The molecule has 1 aromatic carbocycles. The van der Waals surface area contributed by atoms with Gasteiger partial charge in [-0.15, -0.1) is 0 Å². The molecule has 0 aliphatic carbocycles. The third kappa shape index (κ3) is 4.02. The van der Waals surface area contributed by atoms with E-state index in [4.69, 9.17) is 5.11 Å². The summed E-state index contributed by atoms with van der Waals surface area (Å²) < 4.78 is 36.1. The van der Waals surface area contributed by atoms with Crippen LogP contribution in [-0.4, -0.2) is 23.9 Å². The summed E-state index contributed by atoms with van der Waals surface area (Å²) in [6, 6.07) is 5.72. The molecule has 17 heavy (non-hydrogen) atoms. The minimum atomic E-state index is -4.56. The van der Waals surface area contributed by atoms with E-state index in [2.05, 4.69) is 5.32 Å². The monoisotopic (exact) mass is 247 g/mol. The second-order valence-electron chi connectivity index (χ2n) is 4.06. The van der Waals surface area contributed by atoms with Crippen LogP contribution in [0, 0.1) is 13.8 Å². The second kappa shape index (κ2) is 5.51. The maximum absolute atomic E-state index is 12.0. The van der Waals surface area contributed by atoms with Gasteiger partial charge >= 0.3 is 6.18 Å². The van der Waals surface area contributed by atoms with Crippen LogP contribution in [-0.2, 0) is 6.54 Å². The van der Waals surface area contributed by atoms with Crippen molar-refractivity contribution in [3.05, 3.63) is 34.9 Å². The number of alkyl halides is 3. The summed E-state index contributed by atoms with van der Waals surface area (Å²) in [4.78, 5) is 0. The molecule has 5 heteroatoms. The Labute approximate surface area is 98.5 Å². The third-order valence-corrected chi connectivity index (χ3v) is 2.66. The first-order valence-corrected chi connectivity index (χ1v) is 5.33. The lowest BCUT2D eigenvalue weighted by Gasteiger charge is -2.16. The van der Waals surface area contributed by atoms with Gasteiger partial charge in [-0.05, 0) is 30.5 Å². The fourth-order valence-electron chi connectivity index (χ4n) is 1.58. The highest BCUT2D eigenvalue weighted by molar-refractivity contribution is 5.33. The maximum atomic E-state index is 12.0. The van der Waals surface area contributed by atoms with Gasteiger partial charge in [-0.2, -0.15) is 13.2 Å². The zero-order valence-electron chi connectivity index (χ0n) is 9.80. The van der Waals surface area contributed by atoms with Crippen LogP contribution < -0.4 is 5.32 Å². The van der Waals surface area contributed by atoms with Crippen LogP contribution in [0.4, 0.5) is 13.2 Å². The molecule has 1 atom stereocenters. The smallest absolute Gasteiger partial charge is 0.382 e. The first-order valence-electron chi connectivity index (χ1n) is 5.33. The van der Waals surface area contributed by atoms with Gasteiger partial charge in [-0.3, -0.25) is 0 Å². The second-order valence-corrected chi connectivity index (χ2v) is 4.06. The van der Waals surface area contributed by atoms with Crippen molar-refractivity contribution in [3.63, 3.8) is 0 Å². The van der Waals surface area contributed by atoms with Crippen LogP contribution in [0.15, 0.2) is 18.2 Å². The van der Waals surface area contributed by atoms with Crippen molar-refractivity contribution >= 4 is 0 Å². The Kier molecular flexibility index (Phi) is 4.54. The van der Waals surface area contributed by atoms with Gasteiger partial charge in [-0.1, -0.05) is 18.2 Å². The number of aliphatic hydroxyl groups is 1. The molecule has 0 amide bonds. The predicted molar refractivity (Wildman–Crippen MR) is 59.7 cm³/mol. The zero-order chi connectivity index (χ0) is 13.1. The molecule has 0 fully saturated rings. The van der Waals surface area contributed by atoms with Crippen molar-refractivity contribution in [2.45, 2.75) is 32.7 Å². The molecule has 0 radical (unpaired) electrons. The number of hydrogen-bond donors (Lipinski definition) is 2. The van der Waals surface area contributed by atoms with E-state index in [1.165, 1.54) is 0 Å². The predicted octanol–water partition coefficient (Wildman–Crippen LogP) is 2.32. The summed E-state index contributed by atoms with van der Waals surface area (Å²) in [5.41, 5.74) is 3.03. The Hall–Kier alpha value is -1.07. The van der Waals surface area contributed by atoms with E-state index in [1.54, 1.807) is 0 Å². The molecule has 0 bridgehead atoms. The van der Waals surface area contributed by atoms with Crippen LogP contribution in [0.25, 0.3) is 0 Å². The Morgan fingerprint density at radius 2 is 1.76 bits per heavy atom. The summed E-state index contributed by atoms with van der Waals surface area (Å²) >= 11 is 0. The molecule has 0 aliphatic heterocycles.